The van der Waals surface area contributed by atoms with Gasteiger partial charge in [-0.25, -0.2) is 0 Å². The molecule has 0 rings (SSSR count). The molecular formula is C24H40N2O4-2. The van der Waals surface area contributed by atoms with Crippen LogP contribution in [0.1, 0.15) is 91.9 Å². The van der Waals surface area contributed by atoms with Crippen LogP contribution in [0.2, 0.25) is 0 Å². The molecule has 6 nitrogen and oxygen atoms in total. The molecule has 0 aliphatic carbocycles. The fourth-order valence-corrected chi connectivity index (χ4v) is 3.14. The van der Waals surface area contributed by atoms with Crippen LogP contribution in [-0.2, 0) is 9.59 Å². The number of hydrogen-bond acceptors (Lipinski definition) is 6. The Morgan fingerprint density at radius 2 is 0.967 bits per heavy atom. The first kappa shape index (κ1) is 32.4. The van der Waals surface area contributed by atoms with E-state index in [1.807, 2.05) is 0 Å². The maximum Gasteiger partial charge on any atom is 0.0643 e. The third-order valence-electron chi connectivity index (χ3n) is 4.26. The average molecular weight is 421 g/mol. The topological polar surface area (TPSA) is 132 Å². The Bertz CT molecular complexity index is 509. The summed E-state index contributed by atoms with van der Waals surface area (Å²) in [6, 6.07) is 0. The minimum atomic E-state index is -1.55. The summed E-state index contributed by atoms with van der Waals surface area (Å²) in [7, 11) is 0. The summed E-state index contributed by atoms with van der Waals surface area (Å²) in [6.07, 6.45) is 21.4. The quantitative estimate of drug-likeness (QED) is 0.364. The van der Waals surface area contributed by atoms with E-state index in [-0.39, 0.29) is 11.1 Å². The van der Waals surface area contributed by atoms with Crippen LogP contribution in [0.15, 0.2) is 12.2 Å². The number of carbonyl (C=O) groups is 2. The number of hydrogen-bond donors (Lipinski definition) is 2. The van der Waals surface area contributed by atoms with Crippen molar-refractivity contribution >= 4 is 11.9 Å². The van der Waals surface area contributed by atoms with Crippen LogP contribution < -0.4 is 21.7 Å². The fourth-order valence-electron chi connectivity index (χ4n) is 3.14. The molecule has 0 aliphatic rings. The van der Waals surface area contributed by atoms with Gasteiger partial charge in [-0.1, -0.05) is 53.4 Å². The number of nitrogens with two attached hydrogens (primary N) is 2. The SMILES string of the molecule is C#CCC(N)(CCC)CCC.C#CCC(N)(CCC)CCC.O=C([O-])/C=C/C(=O)[O-]. The summed E-state index contributed by atoms with van der Waals surface area (Å²) in [5.41, 5.74) is 12.0. The lowest BCUT2D eigenvalue weighted by molar-refractivity contribution is -0.301. The van der Waals surface area contributed by atoms with Gasteiger partial charge in [0, 0.05) is 23.9 Å². The van der Waals surface area contributed by atoms with Crippen molar-refractivity contribution in [1.29, 1.82) is 0 Å². The molecule has 0 aliphatic heterocycles. The summed E-state index contributed by atoms with van der Waals surface area (Å²) < 4.78 is 0. The highest BCUT2D eigenvalue weighted by Crippen LogP contribution is 2.20. The zero-order valence-electron chi connectivity index (χ0n) is 19.2. The number of aliphatic carboxylic acids is 2. The predicted molar refractivity (Wildman–Crippen MR) is 120 cm³/mol. The number of carboxylic acids is 2. The average Bonchev–Trinajstić information content (AvgIpc) is 2.62. The summed E-state index contributed by atoms with van der Waals surface area (Å²) in [6.45, 7) is 8.59. The molecule has 172 valence electrons. The Labute approximate surface area is 183 Å². The van der Waals surface area contributed by atoms with Gasteiger partial charge in [-0.2, -0.15) is 0 Å². The van der Waals surface area contributed by atoms with Crippen molar-refractivity contribution in [2.24, 2.45) is 11.5 Å². The van der Waals surface area contributed by atoms with E-state index in [1.165, 1.54) is 0 Å². The molecule has 4 N–H and O–H groups in total. The van der Waals surface area contributed by atoms with Crippen molar-refractivity contribution in [2.75, 3.05) is 0 Å². The van der Waals surface area contributed by atoms with Gasteiger partial charge in [0.25, 0.3) is 0 Å². The summed E-state index contributed by atoms with van der Waals surface area (Å²) in [4.78, 5) is 18.8. The second kappa shape index (κ2) is 20.0. The molecule has 0 saturated carbocycles. The van der Waals surface area contributed by atoms with E-state index in [0.29, 0.717) is 25.0 Å². The Balaban J connectivity index is -0.000000370. The van der Waals surface area contributed by atoms with Gasteiger partial charge >= 0.3 is 0 Å². The van der Waals surface area contributed by atoms with Gasteiger partial charge in [0.1, 0.15) is 0 Å². The van der Waals surface area contributed by atoms with E-state index >= 15 is 0 Å². The maximum atomic E-state index is 9.41. The Hall–Kier alpha value is -2.28. The third kappa shape index (κ3) is 22.0. The second-order valence-corrected chi connectivity index (χ2v) is 7.46. The van der Waals surface area contributed by atoms with Crippen LogP contribution in [-0.4, -0.2) is 23.0 Å². The largest absolute Gasteiger partial charge is 0.545 e. The minimum absolute atomic E-state index is 0.0851. The van der Waals surface area contributed by atoms with Crippen LogP contribution in [0, 0.1) is 24.7 Å². The van der Waals surface area contributed by atoms with Crippen molar-refractivity contribution in [3.63, 3.8) is 0 Å². The lowest BCUT2D eigenvalue weighted by atomic mass is 9.87. The zero-order chi connectivity index (χ0) is 24.1. The monoisotopic (exact) mass is 420 g/mol. The standard InChI is InChI=1S/2C10H19N.C4H4O4/c2*1-4-7-10(11,8-5-2)9-6-3;5-3(6)1-2-4(7)8/h2*1H,5-9,11H2,2-3H3;1-2H,(H,5,6)(H,7,8)/p-2/b;;2-1+. The first-order chi connectivity index (χ1) is 14.0. The molecule has 30 heavy (non-hydrogen) atoms. The van der Waals surface area contributed by atoms with Crippen molar-refractivity contribution in [1.82, 2.24) is 0 Å². The predicted octanol–water partition coefficient (Wildman–Crippen LogP) is 1.66. The Kier molecular flexibility index (Phi) is 21.6. The lowest BCUT2D eigenvalue weighted by Gasteiger charge is -2.26. The molecule has 0 fully saturated rings. The lowest BCUT2D eigenvalue weighted by Crippen LogP contribution is -2.38. The number of rotatable bonds is 12. The molecule has 0 radical (unpaired) electrons. The summed E-state index contributed by atoms with van der Waals surface area (Å²) in [5.74, 6) is 2.21. The van der Waals surface area contributed by atoms with Gasteiger partial charge in [0.15, 0.2) is 0 Å². The molecule has 0 saturated heterocycles. The molecule has 0 spiro atoms. The summed E-state index contributed by atoms with van der Waals surface area (Å²) >= 11 is 0. The molecule has 6 heteroatoms. The molecule has 0 bridgehead atoms. The maximum absolute atomic E-state index is 9.41. The number of carbonyl (C=O) groups excluding carboxylic acids is 2. The van der Waals surface area contributed by atoms with Gasteiger partial charge in [-0.15, -0.1) is 24.7 Å². The second-order valence-electron chi connectivity index (χ2n) is 7.46. The zero-order valence-corrected chi connectivity index (χ0v) is 19.2. The van der Waals surface area contributed by atoms with E-state index < -0.39 is 11.9 Å². The van der Waals surface area contributed by atoms with Crippen molar-refractivity contribution in [3.8, 4) is 24.7 Å². The van der Waals surface area contributed by atoms with Gasteiger partial charge in [0.2, 0.25) is 0 Å². The molecule has 0 aromatic carbocycles. The highest BCUT2D eigenvalue weighted by molar-refractivity contribution is 5.87. The van der Waals surface area contributed by atoms with E-state index in [0.717, 1.165) is 51.4 Å². The van der Waals surface area contributed by atoms with E-state index in [1.54, 1.807) is 0 Å². The first-order valence-corrected chi connectivity index (χ1v) is 10.5. The normalized spacial score (nSPS) is 10.7. The van der Waals surface area contributed by atoms with Crippen molar-refractivity contribution in [3.05, 3.63) is 12.2 Å². The van der Waals surface area contributed by atoms with E-state index in [4.69, 9.17) is 24.3 Å². The van der Waals surface area contributed by atoms with Gasteiger partial charge in [-0.3, -0.25) is 0 Å². The van der Waals surface area contributed by atoms with Gasteiger partial charge < -0.3 is 31.3 Å². The minimum Gasteiger partial charge on any atom is -0.545 e. The van der Waals surface area contributed by atoms with Gasteiger partial charge in [-0.05, 0) is 37.8 Å². The molecule has 0 aromatic heterocycles. The fraction of sp³-hybridized carbons (Fsp3) is 0.667. The van der Waals surface area contributed by atoms with Crippen LogP contribution in [0.3, 0.4) is 0 Å². The first-order valence-electron chi connectivity index (χ1n) is 10.5. The Morgan fingerprint density at radius 3 is 1.10 bits per heavy atom. The van der Waals surface area contributed by atoms with E-state index in [2.05, 4.69) is 39.5 Å². The molecular weight excluding hydrogens is 380 g/mol. The smallest absolute Gasteiger partial charge is 0.0643 e. The molecule has 0 heterocycles. The molecule has 0 atom stereocenters. The number of carboxylic acid groups (broad SMARTS) is 2. The Morgan fingerprint density at radius 1 is 0.733 bits per heavy atom. The summed E-state index contributed by atoms with van der Waals surface area (Å²) in [5, 5.41) is 18.8. The van der Waals surface area contributed by atoms with E-state index in [9.17, 15) is 19.8 Å². The van der Waals surface area contributed by atoms with Gasteiger partial charge in [0.05, 0.1) is 11.9 Å². The highest BCUT2D eigenvalue weighted by Gasteiger charge is 2.21. The highest BCUT2D eigenvalue weighted by atomic mass is 16.4. The molecule has 0 unspecified atom stereocenters. The van der Waals surface area contributed by atoms with Crippen LogP contribution in [0.25, 0.3) is 0 Å². The number of terminal acetylenes is 2. The van der Waals surface area contributed by atoms with Crippen molar-refractivity contribution < 1.29 is 19.8 Å². The van der Waals surface area contributed by atoms with Crippen LogP contribution >= 0.6 is 0 Å². The van der Waals surface area contributed by atoms with Crippen LogP contribution in [0.5, 0.6) is 0 Å². The van der Waals surface area contributed by atoms with Crippen LogP contribution in [0.4, 0.5) is 0 Å². The van der Waals surface area contributed by atoms with Crippen molar-refractivity contribution in [2.45, 2.75) is 103 Å². The molecule has 0 amide bonds. The molecule has 0 aromatic rings. The third-order valence-corrected chi connectivity index (χ3v) is 4.26.